The van der Waals surface area contributed by atoms with Gasteiger partial charge in [-0.2, -0.15) is 0 Å². The molecule has 0 N–H and O–H groups in total. The number of thioether (sulfide) groups is 1. The topological polar surface area (TPSA) is 46.6 Å². The molecule has 0 saturated carbocycles. The van der Waals surface area contributed by atoms with Crippen molar-refractivity contribution in [3.63, 3.8) is 0 Å². The fraction of sp³-hybridized carbons (Fsp3) is 0.0435. The van der Waals surface area contributed by atoms with Gasteiger partial charge in [0.15, 0.2) is 0 Å². The molecule has 0 bridgehead atoms. The summed E-state index contributed by atoms with van der Waals surface area (Å²) in [5.74, 6) is 0.379. The second-order valence-corrected chi connectivity index (χ2v) is 7.77. The highest BCUT2D eigenvalue weighted by molar-refractivity contribution is 8.19. The van der Waals surface area contributed by atoms with E-state index in [1.165, 1.54) is 0 Å². The van der Waals surface area contributed by atoms with Crippen molar-refractivity contribution in [1.82, 2.24) is 0 Å². The van der Waals surface area contributed by atoms with Gasteiger partial charge in [-0.15, -0.1) is 0 Å². The van der Waals surface area contributed by atoms with Crippen LogP contribution in [0, 0.1) is 0 Å². The lowest BCUT2D eigenvalue weighted by molar-refractivity contribution is -0.113. The molecule has 4 nitrogen and oxygen atoms in total. The van der Waals surface area contributed by atoms with Crippen LogP contribution in [0.5, 0.6) is 5.75 Å². The highest BCUT2D eigenvalue weighted by Crippen LogP contribution is 2.36. The number of imide groups is 1. The standard InChI is InChI=1S/C23H16ClNO3S/c24-18-7-4-8-19(14-18)25-22(26)21(29-23(25)27)13-16-9-11-20(12-10-16)28-15-17-5-2-1-3-6-17/h1-14H,15H2/b21-13+. The number of hydrogen-bond donors (Lipinski definition) is 0. The van der Waals surface area contributed by atoms with E-state index in [0.29, 0.717) is 22.2 Å². The molecule has 1 heterocycles. The highest BCUT2D eigenvalue weighted by Gasteiger charge is 2.36. The molecular formula is C23H16ClNO3S. The van der Waals surface area contributed by atoms with Gasteiger partial charge in [0.2, 0.25) is 0 Å². The predicted octanol–water partition coefficient (Wildman–Crippen LogP) is 6.16. The van der Waals surface area contributed by atoms with Crippen LogP contribution in [0.4, 0.5) is 10.5 Å². The summed E-state index contributed by atoms with van der Waals surface area (Å²) in [4.78, 5) is 26.5. The molecule has 0 unspecified atom stereocenters. The Labute approximate surface area is 177 Å². The van der Waals surface area contributed by atoms with E-state index in [4.69, 9.17) is 16.3 Å². The first-order valence-corrected chi connectivity index (χ1v) is 10.1. The van der Waals surface area contributed by atoms with Gasteiger partial charge in [-0.05, 0) is 59.3 Å². The average molecular weight is 422 g/mol. The average Bonchev–Trinajstić information content (AvgIpc) is 3.01. The van der Waals surface area contributed by atoms with Gasteiger partial charge < -0.3 is 4.74 Å². The zero-order valence-corrected chi connectivity index (χ0v) is 16.8. The van der Waals surface area contributed by atoms with Crippen LogP contribution >= 0.6 is 23.4 Å². The fourth-order valence-corrected chi connectivity index (χ4v) is 3.88. The fourth-order valence-electron chi connectivity index (χ4n) is 2.86. The van der Waals surface area contributed by atoms with Crippen molar-refractivity contribution in [2.45, 2.75) is 6.61 Å². The zero-order valence-electron chi connectivity index (χ0n) is 15.2. The first-order chi connectivity index (χ1) is 14.1. The van der Waals surface area contributed by atoms with Gasteiger partial charge in [0.25, 0.3) is 11.1 Å². The summed E-state index contributed by atoms with van der Waals surface area (Å²) < 4.78 is 5.77. The van der Waals surface area contributed by atoms with Crippen molar-refractivity contribution in [1.29, 1.82) is 0 Å². The van der Waals surface area contributed by atoms with Gasteiger partial charge in [-0.25, -0.2) is 4.90 Å². The number of rotatable bonds is 5. The number of anilines is 1. The highest BCUT2D eigenvalue weighted by atomic mass is 35.5. The summed E-state index contributed by atoms with van der Waals surface area (Å²) in [6, 6.07) is 24.0. The molecule has 4 rings (SSSR count). The zero-order chi connectivity index (χ0) is 20.2. The molecule has 3 aromatic carbocycles. The van der Waals surface area contributed by atoms with E-state index >= 15 is 0 Å². The summed E-state index contributed by atoms with van der Waals surface area (Å²) in [5, 5.41) is 0.128. The van der Waals surface area contributed by atoms with E-state index in [1.807, 2.05) is 54.6 Å². The number of nitrogens with zero attached hydrogens (tertiary/aromatic N) is 1. The first kappa shape index (κ1) is 19.3. The number of benzene rings is 3. The summed E-state index contributed by atoms with van der Waals surface area (Å²) in [6.45, 7) is 0.485. The van der Waals surface area contributed by atoms with Gasteiger partial charge in [0.05, 0.1) is 10.6 Å². The van der Waals surface area contributed by atoms with Crippen molar-refractivity contribution in [2.24, 2.45) is 0 Å². The van der Waals surface area contributed by atoms with Crippen LogP contribution in [0.3, 0.4) is 0 Å². The Morgan fingerprint density at radius 1 is 0.931 bits per heavy atom. The molecule has 1 fully saturated rings. The number of hydrogen-bond acceptors (Lipinski definition) is 4. The Morgan fingerprint density at radius 2 is 1.69 bits per heavy atom. The third-order valence-electron chi connectivity index (χ3n) is 4.29. The van der Waals surface area contributed by atoms with E-state index in [9.17, 15) is 9.59 Å². The molecule has 0 radical (unpaired) electrons. The number of carbonyl (C=O) groups is 2. The van der Waals surface area contributed by atoms with Gasteiger partial charge in [-0.3, -0.25) is 9.59 Å². The van der Waals surface area contributed by atoms with Crippen LogP contribution in [-0.2, 0) is 11.4 Å². The Kier molecular flexibility index (Phi) is 5.69. The second-order valence-electron chi connectivity index (χ2n) is 6.34. The lowest BCUT2D eigenvalue weighted by atomic mass is 10.2. The number of carbonyl (C=O) groups excluding carboxylic acids is 2. The van der Waals surface area contributed by atoms with Gasteiger partial charge in [0, 0.05) is 5.02 Å². The van der Waals surface area contributed by atoms with Crippen molar-refractivity contribution < 1.29 is 14.3 Å². The van der Waals surface area contributed by atoms with Crippen molar-refractivity contribution >= 4 is 46.3 Å². The maximum absolute atomic E-state index is 12.7. The van der Waals surface area contributed by atoms with Gasteiger partial charge >= 0.3 is 0 Å². The summed E-state index contributed by atoms with van der Waals surface area (Å²) in [5.41, 5.74) is 2.37. The Bertz CT molecular complexity index is 1080. The van der Waals surface area contributed by atoms with Crippen LogP contribution in [0.1, 0.15) is 11.1 Å². The number of amides is 2. The van der Waals surface area contributed by atoms with E-state index in [-0.39, 0.29) is 11.1 Å². The Morgan fingerprint density at radius 3 is 2.41 bits per heavy atom. The molecule has 6 heteroatoms. The Hall–Kier alpha value is -3.02. The molecule has 1 saturated heterocycles. The summed E-state index contributed by atoms with van der Waals surface area (Å²) >= 11 is 6.90. The molecule has 1 aliphatic heterocycles. The SMILES string of the molecule is O=C1S/C(=C/c2ccc(OCc3ccccc3)cc2)C(=O)N1c1cccc(Cl)c1. The van der Waals surface area contributed by atoms with Crippen molar-refractivity contribution in [2.75, 3.05) is 4.90 Å². The molecule has 1 aliphatic rings. The quantitative estimate of drug-likeness (QED) is 0.463. The smallest absolute Gasteiger partial charge is 0.298 e. The van der Waals surface area contributed by atoms with Crippen LogP contribution in [-0.4, -0.2) is 11.1 Å². The van der Waals surface area contributed by atoms with Crippen LogP contribution in [0.2, 0.25) is 5.02 Å². The van der Waals surface area contributed by atoms with Crippen LogP contribution in [0.25, 0.3) is 6.08 Å². The van der Waals surface area contributed by atoms with Gasteiger partial charge in [-0.1, -0.05) is 60.1 Å². The van der Waals surface area contributed by atoms with E-state index in [2.05, 4.69) is 0 Å². The van der Waals surface area contributed by atoms with Gasteiger partial charge in [0.1, 0.15) is 12.4 Å². The number of halogens is 1. The summed E-state index contributed by atoms with van der Waals surface area (Å²) in [7, 11) is 0. The molecule has 3 aromatic rings. The third-order valence-corrected chi connectivity index (χ3v) is 5.39. The molecule has 144 valence electrons. The van der Waals surface area contributed by atoms with E-state index in [1.54, 1.807) is 30.3 Å². The maximum Gasteiger partial charge on any atom is 0.298 e. The first-order valence-electron chi connectivity index (χ1n) is 8.90. The lowest BCUT2D eigenvalue weighted by Gasteiger charge is -2.12. The van der Waals surface area contributed by atoms with Crippen molar-refractivity contribution in [3.05, 3.63) is 99.9 Å². The lowest BCUT2D eigenvalue weighted by Crippen LogP contribution is -2.27. The molecule has 0 aromatic heterocycles. The molecule has 2 amide bonds. The molecule has 0 aliphatic carbocycles. The molecular weight excluding hydrogens is 406 g/mol. The third kappa shape index (κ3) is 4.53. The van der Waals surface area contributed by atoms with Crippen molar-refractivity contribution in [3.8, 4) is 5.75 Å². The monoisotopic (exact) mass is 421 g/mol. The molecule has 0 atom stereocenters. The molecule has 29 heavy (non-hydrogen) atoms. The normalized spacial score (nSPS) is 15.2. The predicted molar refractivity (Wildman–Crippen MR) is 117 cm³/mol. The maximum atomic E-state index is 12.7. The Balaban J connectivity index is 1.46. The van der Waals surface area contributed by atoms with E-state index < -0.39 is 0 Å². The minimum absolute atomic E-state index is 0.341. The minimum atomic E-state index is -0.355. The second kappa shape index (κ2) is 8.55. The molecule has 0 spiro atoms. The van der Waals surface area contributed by atoms with Crippen LogP contribution in [0.15, 0.2) is 83.8 Å². The number of ether oxygens (including phenoxy) is 1. The minimum Gasteiger partial charge on any atom is -0.489 e. The van der Waals surface area contributed by atoms with Crippen LogP contribution < -0.4 is 9.64 Å². The largest absolute Gasteiger partial charge is 0.489 e. The summed E-state index contributed by atoms with van der Waals surface area (Å²) in [6.07, 6.45) is 1.70. The van der Waals surface area contributed by atoms with E-state index in [0.717, 1.165) is 33.5 Å².